The van der Waals surface area contributed by atoms with Gasteiger partial charge in [-0.3, -0.25) is 9.59 Å². The summed E-state index contributed by atoms with van der Waals surface area (Å²) in [4.78, 5) is 35.0. The first-order chi connectivity index (χ1) is 16.1. The Bertz CT molecular complexity index is 1150. The van der Waals surface area contributed by atoms with Crippen molar-refractivity contribution in [3.63, 3.8) is 0 Å². The Labute approximate surface area is 191 Å². The Hall–Kier alpha value is -4.24. The first-order valence-corrected chi connectivity index (χ1v) is 10.4. The first kappa shape index (κ1) is 22.0. The lowest BCUT2D eigenvalue weighted by Crippen LogP contribution is -2.40. The maximum atomic E-state index is 13.0. The third-order valence-electron chi connectivity index (χ3n) is 4.81. The lowest BCUT2D eigenvalue weighted by Gasteiger charge is -2.27. The zero-order valence-electron chi connectivity index (χ0n) is 17.9. The molecule has 0 saturated carbocycles. The summed E-state index contributed by atoms with van der Waals surface area (Å²) in [6.45, 7) is 5.49. The fourth-order valence-electron chi connectivity index (χ4n) is 3.26. The smallest absolute Gasteiger partial charge is 0.254 e. The van der Waals surface area contributed by atoms with Crippen LogP contribution in [0, 0.1) is 0 Å². The van der Waals surface area contributed by atoms with Crippen LogP contribution in [0.5, 0.6) is 11.6 Å². The highest BCUT2D eigenvalue weighted by Gasteiger charge is 2.20. The lowest BCUT2D eigenvalue weighted by molar-refractivity contribution is -0.111. The highest BCUT2D eigenvalue weighted by molar-refractivity contribution is 6.01. The van der Waals surface area contributed by atoms with E-state index in [-0.39, 0.29) is 11.8 Å². The molecule has 33 heavy (non-hydrogen) atoms. The topological polar surface area (TPSA) is 106 Å². The van der Waals surface area contributed by atoms with Crippen molar-refractivity contribution in [3.05, 3.63) is 79.1 Å². The zero-order valence-corrected chi connectivity index (χ0v) is 17.9. The molecule has 9 nitrogen and oxygen atoms in total. The fourth-order valence-corrected chi connectivity index (χ4v) is 3.26. The van der Waals surface area contributed by atoms with Gasteiger partial charge in [-0.05, 0) is 36.4 Å². The molecule has 0 aliphatic carbocycles. The number of carbonyl (C=O) groups excluding carboxylic acids is 2. The van der Waals surface area contributed by atoms with E-state index in [1.807, 2.05) is 30.3 Å². The SMILES string of the molecule is C=CC(=O)Nc1cc(Nc2cc(Oc3ccccc3)ncn2)cc(C(=O)N2CCOCC2)c1. The first-order valence-electron chi connectivity index (χ1n) is 10.4. The Morgan fingerprint density at radius 1 is 1.03 bits per heavy atom. The van der Waals surface area contributed by atoms with Crippen molar-refractivity contribution in [3.8, 4) is 11.6 Å². The number of morpholine rings is 1. The van der Waals surface area contributed by atoms with Crippen LogP contribution in [0.15, 0.2) is 73.6 Å². The number of ether oxygens (including phenoxy) is 2. The normalized spacial score (nSPS) is 13.2. The number of nitrogens with one attached hydrogen (secondary N) is 2. The van der Waals surface area contributed by atoms with Crippen LogP contribution in [0.4, 0.5) is 17.2 Å². The number of hydrogen-bond donors (Lipinski definition) is 2. The molecule has 4 rings (SSSR count). The highest BCUT2D eigenvalue weighted by atomic mass is 16.5. The summed E-state index contributed by atoms with van der Waals surface area (Å²) >= 11 is 0. The second-order valence-corrected chi connectivity index (χ2v) is 7.18. The van der Waals surface area contributed by atoms with Crippen LogP contribution < -0.4 is 15.4 Å². The molecule has 1 aliphatic heterocycles. The summed E-state index contributed by atoms with van der Waals surface area (Å²) < 4.78 is 11.1. The Morgan fingerprint density at radius 2 is 1.79 bits per heavy atom. The van der Waals surface area contributed by atoms with Gasteiger partial charge in [0.1, 0.15) is 17.9 Å². The summed E-state index contributed by atoms with van der Waals surface area (Å²) in [5.74, 6) is 0.950. The van der Waals surface area contributed by atoms with Crippen molar-refractivity contribution >= 4 is 29.0 Å². The number of hydrogen-bond acceptors (Lipinski definition) is 7. The maximum absolute atomic E-state index is 13.0. The molecule has 3 aromatic rings. The third kappa shape index (κ3) is 5.92. The minimum atomic E-state index is -0.377. The number of carbonyl (C=O) groups is 2. The van der Waals surface area contributed by atoms with Crippen LogP contribution in [0.25, 0.3) is 0 Å². The Morgan fingerprint density at radius 3 is 2.55 bits per heavy atom. The number of benzene rings is 2. The molecule has 2 amide bonds. The van der Waals surface area contributed by atoms with E-state index in [0.717, 1.165) is 0 Å². The van der Waals surface area contributed by atoms with Gasteiger partial charge in [0.25, 0.3) is 5.91 Å². The summed E-state index contributed by atoms with van der Waals surface area (Å²) in [6.07, 6.45) is 2.55. The van der Waals surface area contributed by atoms with Crippen LogP contribution in [-0.2, 0) is 9.53 Å². The van der Waals surface area contributed by atoms with Crippen molar-refractivity contribution < 1.29 is 19.1 Å². The van der Waals surface area contributed by atoms with Gasteiger partial charge in [0.2, 0.25) is 11.8 Å². The second-order valence-electron chi connectivity index (χ2n) is 7.18. The monoisotopic (exact) mass is 445 g/mol. The van der Waals surface area contributed by atoms with E-state index in [2.05, 4.69) is 27.2 Å². The van der Waals surface area contributed by atoms with E-state index in [0.29, 0.717) is 60.7 Å². The number of rotatable bonds is 7. The number of aromatic nitrogens is 2. The van der Waals surface area contributed by atoms with Crippen LogP contribution in [-0.4, -0.2) is 53.0 Å². The molecule has 168 valence electrons. The van der Waals surface area contributed by atoms with Gasteiger partial charge in [-0.25, -0.2) is 9.97 Å². The van der Waals surface area contributed by atoms with Crippen molar-refractivity contribution in [1.29, 1.82) is 0 Å². The van der Waals surface area contributed by atoms with Gasteiger partial charge >= 0.3 is 0 Å². The molecule has 1 fully saturated rings. The van der Waals surface area contributed by atoms with E-state index < -0.39 is 0 Å². The van der Waals surface area contributed by atoms with Crippen molar-refractivity contribution in [1.82, 2.24) is 14.9 Å². The molecule has 1 saturated heterocycles. The van der Waals surface area contributed by atoms with E-state index in [1.54, 1.807) is 29.2 Å². The van der Waals surface area contributed by atoms with E-state index in [1.165, 1.54) is 12.4 Å². The van der Waals surface area contributed by atoms with Crippen LogP contribution in [0.1, 0.15) is 10.4 Å². The van der Waals surface area contributed by atoms with E-state index in [9.17, 15) is 9.59 Å². The summed E-state index contributed by atoms with van der Waals surface area (Å²) in [7, 11) is 0. The zero-order chi connectivity index (χ0) is 23.0. The minimum absolute atomic E-state index is 0.146. The molecule has 1 aliphatic rings. The van der Waals surface area contributed by atoms with Gasteiger partial charge in [0, 0.05) is 36.1 Å². The Balaban J connectivity index is 1.58. The van der Waals surface area contributed by atoms with Gasteiger partial charge in [0.05, 0.1) is 13.2 Å². The Kier molecular flexibility index (Phi) is 6.91. The fraction of sp³-hybridized carbons (Fsp3) is 0.167. The molecular weight excluding hydrogens is 422 g/mol. The number of anilines is 3. The molecule has 2 heterocycles. The quantitative estimate of drug-likeness (QED) is 0.535. The number of nitrogens with zero attached hydrogens (tertiary/aromatic N) is 3. The van der Waals surface area contributed by atoms with Gasteiger partial charge in [-0.15, -0.1) is 0 Å². The molecule has 0 atom stereocenters. The van der Waals surface area contributed by atoms with Crippen LogP contribution >= 0.6 is 0 Å². The summed E-state index contributed by atoms with van der Waals surface area (Å²) in [5, 5.41) is 5.87. The molecule has 0 unspecified atom stereocenters. The van der Waals surface area contributed by atoms with Crippen LogP contribution in [0.3, 0.4) is 0 Å². The largest absolute Gasteiger partial charge is 0.439 e. The molecular formula is C24H23N5O4. The average Bonchev–Trinajstić information content (AvgIpc) is 2.85. The molecule has 2 N–H and O–H groups in total. The number of amides is 2. The van der Waals surface area contributed by atoms with Gasteiger partial charge in [0.15, 0.2) is 0 Å². The van der Waals surface area contributed by atoms with Gasteiger partial charge < -0.3 is 25.0 Å². The predicted molar refractivity (Wildman–Crippen MR) is 124 cm³/mol. The van der Waals surface area contributed by atoms with Gasteiger partial charge in [-0.2, -0.15) is 0 Å². The molecule has 1 aromatic heterocycles. The molecule has 2 aromatic carbocycles. The second kappa shape index (κ2) is 10.4. The average molecular weight is 445 g/mol. The van der Waals surface area contributed by atoms with Crippen molar-refractivity contribution in [2.75, 3.05) is 36.9 Å². The van der Waals surface area contributed by atoms with Crippen LogP contribution in [0.2, 0.25) is 0 Å². The molecule has 0 spiro atoms. The minimum Gasteiger partial charge on any atom is -0.439 e. The lowest BCUT2D eigenvalue weighted by atomic mass is 10.1. The van der Waals surface area contributed by atoms with Crippen molar-refractivity contribution in [2.45, 2.75) is 0 Å². The summed E-state index contributed by atoms with van der Waals surface area (Å²) in [5.41, 5.74) is 1.45. The number of para-hydroxylation sites is 1. The maximum Gasteiger partial charge on any atom is 0.254 e. The van der Waals surface area contributed by atoms with Gasteiger partial charge in [-0.1, -0.05) is 24.8 Å². The molecule has 0 bridgehead atoms. The van der Waals surface area contributed by atoms with E-state index in [4.69, 9.17) is 9.47 Å². The predicted octanol–water partition coefficient (Wildman–Crippen LogP) is 3.61. The van der Waals surface area contributed by atoms with E-state index >= 15 is 0 Å². The summed E-state index contributed by atoms with van der Waals surface area (Å²) in [6, 6.07) is 16.0. The molecule has 9 heteroatoms. The molecule has 0 radical (unpaired) electrons. The third-order valence-corrected chi connectivity index (χ3v) is 4.81. The van der Waals surface area contributed by atoms with Crippen molar-refractivity contribution in [2.24, 2.45) is 0 Å². The highest BCUT2D eigenvalue weighted by Crippen LogP contribution is 2.26. The standard InChI is InChI=1S/C24H23N5O4/c1-2-22(30)28-19-13-17(24(31)29-8-10-32-11-9-29)12-18(14-19)27-21-15-23(26-16-25-21)33-20-6-4-3-5-7-20/h2-7,12-16H,1,8-11H2,(H,28,30)(H,25,26,27).